The summed E-state index contributed by atoms with van der Waals surface area (Å²) in [6, 6.07) is 6.07. The van der Waals surface area contributed by atoms with Crippen molar-refractivity contribution in [3.8, 4) is 11.5 Å². The fourth-order valence-corrected chi connectivity index (χ4v) is 2.02. The maximum Gasteiger partial charge on any atom is 0.161 e. The van der Waals surface area contributed by atoms with Crippen LogP contribution in [-0.4, -0.2) is 33.0 Å². The third-order valence-electron chi connectivity index (χ3n) is 2.87. The van der Waals surface area contributed by atoms with E-state index in [1.807, 2.05) is 26.1 Å². The van der Waals surface area contributed by atoms with Crippen LogP contribution in [0.4, 0.5) is 0 Å². The molecule has 1 fully saturated rings. The Morgan fingerprint density at radius 2 is 2.28 bits per heavy atom. The molecular formula is C14H21NO3. The van der Waals surface area contributed by atoms with Crippen molar-refractivity contribution in [2.45, 2.75) is 26.0 Å². The molecule has 100 valence electrons. The number of hydrogen-bond donors (Lipinski definition) is 1. The van der Waals surface area contributed by atoms with E-state index in [0.29, 0.717) is 13.2 Å². The summed E-state index contributed by atoms with van der Waals surface area (Å²) in [4.78, 5) is 0. The van der Waals surface area contributed by atoms with E-state index in [2.05, 4.69) is 11.4 Å². The summed E-state index contributed by atoms with van der Waals surface area (Å²) in [6.45, 7) is 4.90. The molecular weight excluding hydrogens is 230 g/mol. The summed E-state index contributed by atoms with van der Waals surface area (Å²) in [5.74, 6) is 1.63. The lowest BCUT2D eigenvalue weighted by Gasteiger charge is -2.16. The molecule has 4 nitrogen and oxygen atoms in total. The minimum absolute atomic E-state index is 0.152. The van der Waals surface area contributed by atoms with Crippen molar-refractivity contribution >= 4 is 0 Å². The van der Waals surface area contributed by atoms with Crippen LogP contribution < -0.4 is 14.8 Å². The second kappa shape index (κ2) is 6.61. The molecule has 1 saturated heterocycles. The van der Waals surface area contributed by atoms with Crippen LogP contribution in [0.3, 0.4) is 0 Å². The van der Waals surface area contributed by atoms with Gasteiger partial charge in [0.25, 0.3) is 0 Å². The van der Waals surface area contributed by atoms with Crippen molar-refractivity contribution in [3.05, 3.63) is 23.8 Å². The number of rotatable bonds is 6. The first-order valence-corrected chi connectivity index (χ1v) is 6.48. The molecule has 0 aliphatic carbocycles. The summed E-state index contributed by atoms with van der Waals surface area (Å²) >= 11 is 0. The van der Waals surface area contributed by atoms with E-state index in [-0.39, 0.29) is 6.10 Å². The lowest BCUT2D eigenvalue weighted by molar-refractivity contribution is 0.138. The fourth-order valence-electron chi connectivity index (χ4n) is 2.02. The molecule has 1 unspecified atom stereocenters. The smallest absolute Gasteiger partial charge is 0.161 e. The van der Waals surface area contributed by atoms with Gasteiger partial charge in [-0.1, -0.05) is 6.07 Å². The van der Waals surface area contributed by atoms with Gasteiger partial charge in [-0.25, -0.2) is 0 Å². The van der Waals surface area contributed by atoms with Crippen molar-refractivity contribution in [2.24, 2.45) is 0 Å². The summed E-state index contributed by atoms with van der Waals surface area (Å²) in [7, 11) is 1.93. The van der Waals surface area contributed by atoms with Crippen LogP contribution in [-0.2, 0) is 11.3 Å². The first kappa shape index (κ1) is 13.2. The summed E-state index contributed by atoms with van der Waals surface area (Å²) in [6.07, 6.45) is 1.10. The molecule has 1 atom stereocenters. The molecule has 0 radical (unpaired) electrons. The Balaban J connectivity index is 2.11. The Morgan fingerprint density at radius 3 is 2.94 bits per heavy atom. The highest BCUT2D eigenvalue weighted by molar-refractivity contribution is 5.43. The van der Waals surface area contributed by atoms with E-state index in [1.165, 1.54) is 5.56 Å². The number of ether oxygens (including phenoxy) is 3. The van der Waals surface area contributed by atoms with Crippen LogP contribution in [0.15, 0.2) is 18.2 Å². The Morgan fingerprint density at radius 1 is 1.39 bits per heavy atom. The first-order valence-electron chi connectivity index (χ1n) is 6.48. The second-order valence-electron chi connectivity index (χ2n) is 4.35. The lowest BCUT2D eigenvalue weighted by Crippen LogP contribution is -2.16. The van der Waals surface area contributed by atoms with Gasteiger partial charge in [-0.15, -0.1) is 0 Å². The minimum Gasteiger partial charge on any atom is -0.490 e. The molecule has 18 heavy (non-hydrogen) atoms. The molecule has 0 amide bonds. The van der Waals surface area contributed by atoms with Gasteiger partial charge in [0.15, 0.2) is 11.5 Å². The van der Waals surface area contributed by atoms with Gasteiger partial charge >= 0.3 is 0 Å². The van der Waals surface area contributed by atoms with Gasteiger partial charge in [-0.05, 0) is 31.7 Å². The molecule has 0 saturated carbocycles. The van der Waals surface area contributed by atoms with Gasteiger partial charge in [0, 0.05) is 13.0 Å². The van der Waals surface area contributed by atoms with Gasteiger partial charge < -0.3 is 19.5 Å². The highest BCUT2D eigenvalue weighted by Crippen LogP contribution is 2.30. The molecule has 2 rings (SSSR count). The lowest BCUT2D eigenvalue weighted by atomic mass is 10.2. The summed E-state index contributed by atoms with van der Waals surface area (Å²) in [5, 5.41) is 3.13. The standard InChI is InChI=1S/C14H21NO3/c1-3-17-14-8-11(9-15-2)4-5-13(14)18-12-6-7-16-10-12/h4-5,8,12,15H,3,6-7,9-10H2,1-2H3. The molecule has 1 N–H and O–H groups in total. The molecule has 0 aromatic heterocycles. The predicted molar refractivity (Wildman–Crippen MR) is 70.2 cm³/mol. The van der Waals surface area contributed by atoms with E-state index < -0.39 is 0 Å². The largest absolute Gasteiger partial charge is 0.490 e. The van der Waals surface area contributed by atoms with Gasteiger partial charge in [-0.3, -0.25) is 0 Å². The zero-order valence-corrected chi connectivity index (χ0v) is 11.1. The predicted octanol–water partition coefficient (Wildman–Crippen LogP) is 1.97. The monoisotopic (exact) mass is 251 g/mol. The third kappa shape index (κ3) is 3.37. The van der Waals surface area contributed by atoms with Crippen molar-refractivity contribution in [1.29, 1.82) is 0 Å². The van der Waals surface area contributed by atoms with Crippen molar-refractivity contribution in [3.63, 3.8) is 0 Å². The zero-order valence-electron chi connectivity index (χ0n) is 11.1. The highest BCUT2D eigenvalue weighted by Gasteiger charge is 2.19. The third-order valence-corrected chi connectivity index (χ3v) is 2.87. The Bertz CT molecular complexity index is 375. The molecule has 1 aromatic rings. The topological polar surface area (TPSA) is 39.7 Å². The first-order chi connectivity index (χ1) is 8.83. The SMILES string of the molecule is CCOc1cc(CNC)ccc1OC1CCOC1. The molecule has 4 heteroatoms. The van der Waals surface area contributed by atoms with Crippen molar-refractivity contribution in [1.82, 2.24) is 5.32 Å². The van der Waals surface area contributed by atoms with E-state index in [4.69, 9.17) is 14.2 Å². The normalized spacial score (nSPS) is 18.9. The quantitative estimate of drug-likeness (QED) is 0.839. The van der Waals surface area contributed by atoms with Gasteiger partial charge in [0.1, 0.15) is 6.10 Å². The Labute approximate surface area is 108 Å². The van der Waals surface area contributed by atoms with Crippen molar-refractivity contribution in [2.75, 3.05) is 26.9 Å². The van der Waals surface area contributed by atoms with Crippen LogP contribution in [0, 0.1) is 0 Å². The molecule has 1 heterocycles. The molecule has 0 spiro atoms. The van der Waals surface area contributed by atoms with Crippen LogP contribution in [0.25, 0.3) is 0 Å². The molecule has 1 aliphatic heterocycles. The van der Waals surface area contributed by atoms with E-state index in [9.17, 15) is 0 Å². The fraction of sp³-hybridized carbons (Fsp3) is 0.571. The average Bonchev–Trinajstić information content (AvgIpc) is 2.86. The van der Waals surface area contributed by atoms with Gasteiger partial charge in [0.2, 0.25) is 0 Å². The minimum atomic E-state index is 0.152. The maximum atomic E-state index is 5.92. The highest BCUT2D eigenvalue weighted by atomic mass is 16.6. The number of hydrogen-bond acceptors (Lipinski definition) is 4. The van der Waals surface area contributed by atoms with Crippen molar-refractivity contribution < 1.29 is 14.2 Å². The summed E-state index contributed by atoms with van der Waals surface area (Å²) in [5.41, 5.74) is 1.19. The maximum absolute atomic E-state index is 5.92. The van der Waals surface area contributed by atoms with Crippen LogP contribution >= 0.6 is 0 Å². The van der Waals surface area contributed by atoms with Crippen LogP contribution in [0.2, 0.25) is 0 Å². The van der Waals surface area contributed by atoms with Gasteiger partial charge in [0.05, 0.1) is 19.8 Å². The zero-order chi connectivity index (χ0) is 12.8. The van der Waals surface area contributed by atoms with E-state index in [1.54, 1.807) is 0 Å². The van der Waals surface area contributed by atoms with Crippen LogP contribution in [0.5, 0.6) is 11.5 Å². The van der Waals surface area contributed by atoms with Crippen LogP contribution in [0.1, 0.15) is 18.9 Å². The average molecular weight is 251 g/mol. The van der Waals surface area contributed by atoms with E-state index in [0.717, 1.165) is 31.1 Å². The van der Waals surface area contributed by atoms with Gasteiger partial charge in [-0.2, -0.15) is 0 Å². The summed E-state index contributed by atoms with van der Waals surface area (Å²) < 4.78 is 16.9. The molecule has 0 bridgehead atoms. The molecule has 1 aliphatic rings. The van der Waals surface area contributed by atoms with E-state index >= 15 is 0 Å². The molecule has 1 aromatic carbocycles. The Kier molecular flexibility index (Phi) is 4.84. The number of benzene rings is 1. The number of nitrogens with one attached hydrogen (secondary N) is 1. The Hall–Kier alpha value is -1.26. The second-order valence-corrected chi connectivity index (χ2v) is 4.35.